The van der Waals surface area contributed by atoms with Crippen LogP contribution in [0, 0.1) is 6.92 Å². The Bertz CT molecular complexity index is 814. The van der Waals surface area contributed by atoms with Crippen LogP contribution < -0.4 is 4.90 Å². The maximum Gasteiger partial charge on any atom is 0.238 e. The first-order chi connectivity index (χ1) is 11.4. The van der Waals surface area contributed by atoms with Gasteiger partial charge in [-0.25, -0.2) is 9.97 Å². The van der Waals surface area contributed by atoms with Crippen molar-refractivity contribution < 1.29 is 4.79 Å². The minimum Gasteiger partial charge on any atom is -0.302 e. The van der Waals surface area contributed by atoms with Crippen molar-refractivity contribution in [2.75, 3.05) is 10.7 Å². The normalized spacial score (nSPS) is 15.7. The van der Waals surface area contributed by atoms with Crippen molar-refractivity contribution in [1.29, 1.82) is 0 Å². The summed E-state index contributed by atoms with van der Waals surface area (Å²) in [6, 6.07) is 9.91. The Morgan fingerprint density at radius 2 is 1.96 bits per heavy atom. The summed E-state index contributed by atoms with van der Waals surface area (Å²) in [6.45, 7) is 8.15. The Hall–Kier alpha value is -2.14. The molecule has 0 N–H and O–H groups in total. The van der Waals surface area contributed by atoms with Crippen LogP contribution in [0.1, 0.15) is 32.0 Å². The van der Waals surface area contributed by atoms with Crippen LogP contribution in [0.4, 0.5) is 5.69 Å². The largest absolute Gasteiger partial charge is 0.302 e. The fourth-order valence-corrected chi connectivity index (χ4v) is 3.85. The highest BCUT2D eigenvalue weighted by Gasteiger charge is 2.35. The molecule has 0 atom stereocenters. The monoisotopic (exact) mass is 339 g/mol. The Morgan fingerprint density at radius 1 is 1.21 bits per heavy atom. The molecule has 0 saturated carbocycles. The number of aromatic nitrogens is 2. The first-order valence-electron chi connectivity index (χ1n) is 7.93. The number of anilines is 1. The fourth-order valence-electron chi connectivity index (χ4n) is 3.13. The van der Waals surface area contributed by atoms with Crippen molar-refractivity contribution in [3.63, 3.8) is 0 Å². The van der Waals surface area contributed by atoms with E-state index in [0.717, 1.165) is 16.9 Å². The van der Waals surface area contributed by atoms with E-state index in [2.05, 4.69) is 42.9 Å². The molecule has 1 amide bonds. The minimum absolute atomic E-state index is 0.0614. The second-order valence-electron chi connectivity index (χ2n) is 6.50. The molecule has 3 rings (SSSR count). The van der Waals surface area contributed by atoms with Gasteiger partial charge >= 0.3 is 0 Å². The summed E-state index contributed by atoms with van der Waals surface area (Å²) in [7, 11) is 0. The third-order valence-corrected chi connectivity index (χ3v) is 4.91. The van der Waals surface area contributed by atoms with E-state index in [1.807, 2.05) is 36.1 Å². The standard InChI is InChI=1S/C19H21N3OS/c1-13-11-19(3,4)22(16-8-6-5-7-15(13)16)17(23)12-24-18-20-10-9-14(2)21-18/h5-11H,12H2,1-4H3. The van der Waals surface area contributed by atoms with Crippen LogP contribution in [0.15, 0.2) is 47.8 Å². The number of aryl methyl sites for hydroxylation is 1. The number of thioether (sulfide) groups is 1. The molecule has 4 nitrogen and oxygen atoms in total. The SMILES string of the molecule is CC1=CC(C)(C)N(C(=O)CSc2nccc(C)n2)c2ccccc21. The first-order valence-corrected chi connectivity index (χ1v) is 8.91. The van der Waals surface area contributed by atoms with Gasteiger partial charge in [-0.1, -0.05) is 36.0 Å². The van der Waals surface area contributed by atoms with Crippen LogP contribution in [-0.4, -0.2) is 27.2 Å². The van der Waals surface area contributed by atoms with Crippen LogP contribution in [0.5, 0.6) is 0 Å². The maximum atomic E-state index is 13.0. The number of benzene rings is 1. The molecule has 24 heavy (non-hydrogen) atoms. The molecule has 0 spiro atoms. The third-order valence-electron chi connectivity index (χ3n) is 4.06. The molecule has 0 saturated heterocycles. The molecule has 0 unspecified atom stereocenters. The highest BCUT2D eigenvalue weighted by molar-refractivity contribution is 7.99. The van der Waals surface area contributed by atoms with Gasteiger partial charge in [0.05, 0.1) is 17.0 Å². The number of hydrogen-bond donors (Lipinski definition) is 0. The lowest BCUT2D eigenvalue weighted by Gasteiger charge is -2.41. The average Bonchev–Trinajstić information content (AvgIpc) is 2.52. The molecule has 2 aromatic rings. The molecular formula is C19H21N3OS. The summed E-state index contributed by atoms with van der Waals surface area (Å²) in [4.78, 5) is 23.4. The van der Waals surface area contributed by atoms with E-state index in [4.69, 9.17) is 0 Å². The van der Waals surface area contributed by atoms with Gasteiger partial charge < -0.3 is 4.90 Å². The zero-order chi connectivity index (χ0) is 17.3. The van der Waals surface area contributed by atoms with Gasteiger partial charge in [-0.2, -0.15) is 0 Å². The lowest BCUT2D eigenvalue weighted by atomic mass is 9.89. The molecule has 2 heterocycles. The lowest BCUT2D eigenvalue weighted by molar-refractivity contribution is -0.116. The number of allylic oxidation sites excluding steroid dienone is 1. The number of rotatable bonds is 3. The number of nitrogens with zero attached hydrogens (tertiary/aromatic N) is 3. The Labute approximate surface area is 147 Å². The van der Waals surface area contributed by atoms with E-state index in [1.54, 1.807) is 6.20 Å². The van der Waals surface area contributed by atoms with Gasteiger partial charge in [0, 0.05) is 17.5 Å². The second kappa shape index (κ2) is 6.40. The summed E-state index contributed by atoms with van der Waals surface area (Å²) in [5, 5.41) is 0.637. The molecule has 1 aliphatic rings. The summed E-state index contributed by atoms with van der Waals surface area (Å²) >= 11 is 1.38. The van der Waals surface area contributed by atoms with E-state index in [9.17, 15) is 4.79 Å². The molecule has 1 aliphatic heterocycles. The number of para-hydroxylation sites is 1. The Kier molecular flexibility index (Phi) is 4.45. The van der Waals surface area contributed by atoms with Crippen molar-refractivity contribution in [3.8, 4) is 0 Å². The quantitative estimate of drug-likeness (QED) is 0.624. The number of carbonyl (C=O) groups excluding carboxylic acids is 1. The summed E-state index contributed by atoms with van der Waals surface area (Å²) in [5.74, 6) is 0.375. The molecule has 1 aromatic heterocycles. The van der Waals surface area contributed by atoms with Crippen molar-refractivity contribution in [1.82, 2.24) is 9.97 Å². The van der Waals surface area contributed by atoms with E-state index in [0.29, 0.717) is 10.9 Å². The van der Waals surface area contributed by atoms with Crippen LogP contribution >= 0.6 is 11.8 Å². The van der Waals surface area contributed by atoms with Gasteiger partial charge in [-0.15, -0.1) is 0 Å². The van der Waals surface area contributed by atoms with Crippen LogP contribution in [0.3, 0.4) is 0 Å². The molecule has 0 bridgehead atoms. The van der Waals surface area contributed by atoms with E-state index in [1.165, 1.54) is 17.3 Å². The summed E-state index contributed by atoms with van der Waals surface area (Å²) < 4.78 is 0. The zero-order valence-electron chi connectivity index (χ0n) is 14.4. The minimum atomic E-state index is -0.358. The second-order valence-corrected chi connectivity index (χ2v) is 7.44. The van der Waals surface area contributed by atoms with Crippen molar-refractivity contribution in [2.24, 2.45) is 0 Å². The molecule has 1 aromatic carbocycles. The average molecular weight is 339 g/mol. The topological polar surface area (TPSA) is 46.1 Å². The first kappa shape index (κ1) is 16.7. The van der Waals surface area contributed by atoms with Gasteiger partial charge in [0.15, 0.2) is 5.16 Å². The van der Waals surface area contributed by atoms with E-state index in [-0.39, 0.29) is 11.4 Å². The molecule has 0 fully saturated rings. The highest BCUT2D eigenvalue weighted by atomic mass is 32.2. The Balaban J connectivity index is 1.86. The number of carbonyl (C=O) groups is 1. The highest BCUT2D eigenvalue weighted by Crippen LogP contribution is 2.39. The zero-order valence-corrected chi connectivity index (χ0v) is 15.2. The molecule has 5 heteroatoms. The van der Waals surface area contributed by atoms with Gasteiger partial charge in [0.2, 0.25) is 5.91 Å². The lowest BCUT2D eigenvalue weighted by Crippen LogP contribution is -2.49. The van der Waals surface area contributed by atoms with Crippen molar-refractivity contribution in [2.45, 2.75) is 38.4 Å². The number of amides is 1. The predicted molar refractivity (Wildman–Crippen MR) is 99.2 cm³/mol. The van der Waals surface area contributed by atoms with Crippen molar-refractivity contribution in [3.05, 3.63) is 53.9 Å². The molecule has 0 aliphatic carbocycles. The predicted octanol–water partition coefficient (Wildman–Crippen LogP) is 4.11. The fraction of sp³-hybridized carbons (Fsp3) is 0.316. The molecule has 0 radical (unpaired) electrons. The molecular weight excluding hydrogens is 318 g/mol. The van der Waals surface area contributed by atoms with Gasteiger partial charge in [-0.05, 0) is 45.4 Å². The number of fused-ring (bicyclic) bond motifs is 1. The van der Waals surface area contributed by atoms with Crippen LogP contribution in [-0.2, 0) is 4.79 Å². The van der Waals surface area contributed by atoms with Gasteiger partial charge in [0.25, 0.3) is 0 Å². The van der Waals surface area contributed by atoms with E-state index < -0.39 is 0 Å². The van der Waals surface area contributed by atoms with Gasteiger partial charge in [0.1, 0.15) is 0 Å². The van der Waals surface area contributed by atoms with Crippen LogP contribution in [0.25, 0.3) is 5.57 Å². The Morgan fingerprint density at radius 3 is 2.71 bits per heavy atom. The van der Waals surface area contributed by atoms with Crippen molar-refractivity contribution >= 4 is 28.9 Å². The van der Waals surface area contributed by atoms with E-state index >= 15 is 0 Å². The van der Waals surface area contributed by atoms with Crippen LogP contribution in [0.2, 0.25) is 0 Å². The molecule has 124 valence electrons. The third kappa shape index (κ3) is 3.22. The maximum absolute atomic E-state index is 13.0. The smallest absolute Gasteiger partial charge is 0.238 e. The summed E-state index contributed by atoms with van der Waals surface area (Å²) in [5.41, 5.74) is 3.83. The number of hydrogen-bond acceptors (Lipinski definition) is 4. The summed E-state index contributed by atoms with van der Waals surface area (Å²) in [6.07, 6.45) is 3.88. The van der Waals surface area contributed by atoms with Gasteiger partial charge in [-0.3, -0.25) is 4.79 Å².